The van der Waals surface area contributed by atoms with Crippen LogP contribution in [-0.2, 0) is 16.1 Å². The lowest BCUT2D eigenvalue weighted by Gasteiger charge is -2.07. The molecule has 0 saturated heterocycles. The Morgan fingerprint density at radius 2 is 2.14 bits per heavy atom. The van der Waals surface area contributed by atoms with Gasteiger partial charge in [-0.2, -0.15) is 0 Å². The summed E-state index contributed by atoms with van der Waals surface area (Å²) in [4.78, 5) is 11.8. The van der Waals surface area contributed by atoms with E-state index in [2.05, 4.69) is 21.1 Å². The lowest BCUT2D eigenvalue weighted by molar-refractivity contribution is -0.150. The molecule has 2 aromatic rings. The van der Waals surface area contributed by atoms with Gasteiger partial charge in [0.2, 0.25) is 0 Å². The average Bonchev–Trinajstić information content (AvgIpc) is 3.16. The Labute approximate surface area is 131 Å². The normalized spacial score (nSPS) is 15.3. The van der Waals surface area contributed by atoms with Crippen molar-refractivity contribution < 1.29 is 14.1 Å². The zero-order valence-electron chi connectivity index (χ0n) is 11.5. The van der Waals surface area contributed by atoms with Crippen LogP contribution in [0.2, 0.25) is 0 Å². The van der Waals surface area contributed by atoms with E-state index in [0.717, 1.165) is 41.4 Å². The minimum Gasteiger partial charge on any atom is -0.457 e. The van der Waals surface area contributed by atoms with Crippen molar-refractivity contribution in [3.63, 3.8) is 0 Å². The third-order valence-corrected chi connectivity index (χ3v) is 4.22. The lowest BCUT2D eigenvalue weighted by atomic mass is 10.1. The molecule has 4 nitrogen and oxygen atoms in total. The Kier molecular flexibility index (Phi) is 4.39. The first-order chi connectivity index (χ1) is 10.2. The van der Waals surface area contributed by atoms with Crippen LogP contribution < -0.4 is 0 Å². The molecule has 1 aromatic heterocycles. The summed E-state index contributed by atoms with van der Waals surface area (Å²) in [6.07, 6.45) is 4.13. The molecule has 0 amide bonds. The molecular formula is C16H16BrNO3. The second kappa shape index (κ2) is 6.43. The van der Waals surface area contributed by atoms with Crippen LogP contribution in [0.25, 0.3) is 11.3 Å². The molecule has 21 heavy (non-hydrogen) atoms. The fourth-order valence-electron chi connectivity index (χ4n) is 2.59. The van der Waals surface area contributed by atoms with Crippen LogP contribution in [0.5, 0.6) is 0 Å². The van der Waals surface area contributed by atoms with E-state index < -0.39 is 0 Å². The summed E-state index contributed by atoms with van der Waals surface area (Å²) in [6.45, 7) is 0.149. The molecule has 3 rings (SSSR count). The molecule has 1 aromatic carbocycles. The minimum atomic E-state index is -0.118. The zero-order chi connectivity index (χ0) is 14.7. The number of esters is 1. The average molecular weight is 350 g/mol. The van der Waals surface area contributed by atoms with Gasteiger partial charge in [0.1, 0.15) is 5.69 Å². The summed E-state index contributed by atoms with van der Waals surface area (Å²) in [5.74, 6) is 0.515. The van der Waals surface area contributed by atoms with Crippen molar-refractivity contribution >= 4 is 21.9 Å². The molecule has 0 spiro atoms. The molecule has 110 valence electrons. The number of hydrogen-bond acceptors (Lipinski definition) is 4. The Hall–Kier alpha value is -1.62. The summed E-state index contributed by atoms with van der Waals surface area (Å²) in [7, 11) is 0. The van der Waals surface area contributed by atoms with Gasteiger partial charge in [-0.15, -0.1) is 0 Å². The second-order valence-corrected chi connectivity index (χ2v) is 6.19. The minimum absolute atomic E-state index is 0.0671. The van der Waals surface area contributed by atoms with Gasteiger partial charge in [0.05, 0.1) is 5.92 Å². The molecule has 0 bridgehead atoms. The van der Waals surface area contributed by atoms with Crippen LogP contribution in [-0.4, -0.2) is 11.1 Å². The van der Waals surface area contributed by atoms with Gasteiger partial charge in [0.25, 0.3) is 0 Å². The molecule has 1 aliphatic rings. The maximum absolute atomic E-state index is 11.8. The molecule has 1 fully saturated rings. The van der Waals surface area contributed by atoms with Crippen LogP contribution in [0.15, 0.2) is 39.3 Å². The largest absolute Gasteiger partial charge is 0.457 e. The Balaban J connectivity index is 1.61. The van der Waals surface area contributed by atoms with Gasteiger partial charge in [-0.3, -0.25) is 4.79 Å². The fraction of sp³-hybridized carbons (Fsp3) is 0.375. The number of aromatic nitrogens is 1. The summed E-state index contributed by atoms with van der Waals surface area (Å²) < 4.78 is 11.5. The topological polar surface area (TPSA) is 52.3 Å². The van der Waals surface area contributed by atoms with Gasteiger partial charge >= 0.3 is 5.97 Å². The number of benzene rings is 1. The number of rotatable bonds is 4. The van der Waals surface area contributed by atoms with Crippen LogP contribution in [0.3, 0.4) is 0 Å². The summed E-state index contributed by atoms with van der Waals surface area (Å²) >= 11 is 3.43. The zero-order valence-corrected chi connectivity index (χ0v) is 13.1. The molecule has 0 aliphatic heterocycles. The summed E-state index contributed by atoms with van der Waals surface area (Å²) in [5.41, 5.74) is 1.70. The van der Waals surface area contributed by atoms with E-state index >= 15 is 0 Å². The first kappa shape index (κ1) is 14.3. The molecule has 0 radical (unpaired) electrons. The van der Waals surface area contributed by atoms with Gasteiger partial charge in [-0.25, -0.2) is 0 Å². The van der Waals surface area contributed by atoms with Crippen molar-refractivity contribution in [2.24, 2.45) is 5.92 Å². The van der Waals surface area contributed by atoms with Crippen LogP contribution in [0, 0.1) is 5.92 Å². The van der Waals surface area contributed by atoms with E-state index in [4.69, 9.17) is 9.26 Å². The van der Waals surface area contributed by atoms with Crippen molar-refractivity contribution in [3.05, 3.63) is 40.6 Å². The monoisotopic (exact) mass is 349 g/mol. The van der Waals surface area contributed by atoms with Crippen molar-refractivity contribution in [2.75, 3.05) is 0 Å². The number of carbonyl (C=O) groups is 1. The number of halogens is 1. The maximum Gasteiger partial charge on any atom is 0.309 e. The fourth-order valence-corrected chi connectivity index (χ4v) is 2.99. The first-order valence-corrected chi connectivity index (χ1v) is 7.90. The number of nitrogens with zero attached hydrogens (tertiary/aromatic N) is 1. The van der Waals surface area contributed by atoms with E-state index in [1.54, 1.807) is 0 Å². The Bertz CT molecular complexity index is 632. The molecule has 1 aliphatic carbocycles. The molecule has 1 heterocycles. The van der Waals surface area contributed by atoms with Crippen LogP contribution in [0.4, 0.5) is 0 Å². The van der Waals surface area contributed by atoms with Crippen molar-refractivity contribution in [2.45, 2.75) is 32.3 Å². The SMILES string of the molecule is O=C(OCc1cc(-c2cccc(Br)c2)no1)C1CCCC1. The van der Waals surface area contributed by atoms with E-state index in [1.165, 1.54) is 0 Å². The van der Waals surface area contributed by atoms with Crippen LogP contribution >= 0.6 is 15.9 Å². The third-order valence-electron chi connectivity index (χ3n) is 3.72. The Morgan fingerprint density at radius 1 is 1.33 bits per heavy atom. The molecule has 0 unspecified atom stereocenters. The van der Waals surface area contributed by atoms with Crippen LogP contribution in [0.1, 0.15) is 31.4 Å². The predicted molar refractivity (Wildman–Crippen MR) is 81.4 cm³/mol. The van der Waals surface area contributed by atoms with Crippen molar-refractivity contribution in [1.29, 1.82) is 0 Å². The highest BCUT2D eigenvalue weighted by molar-refractivity contribution is 9.10. The second-order valence-electron chi connectivity index (χ2n) is 5.28. The van der Waals surface area contributed by atoms with Gasteiger partial charge in [0.15, 0.2) is 12.4 Å². The van der Waals surface area contributed by atoms with Crippen molar-refractivity contribution in [3.8, 4) is 11.3 Å². The highest BCUT2D eigenvalue weighted by Gasteiger charge is 2.24. The van der Waals surface area contributed by atoms with E-state index in [1.807, 2.05) is 30.3 Å². The summed E-state index contributed by atoms with van der Waals surface area (Å²) in [5, 5.41) is 4.02. The Morgan fingerprint density at radius 3 is 2.90 bits per heavy atom. The molecule has 0 N–H and O–H groups in total. The molecule has 0 atom stereocenters. The molecule has 5 heteroatoms. The third kappa shape index (κ3) is 3.53. The molecular weight excluding hydrogens is 334 g/mol. The van der Waals surface area contributed by atoms with E-state index in [0.29, 0.717) is 5.76 Å². The molecule has 1 saturated carbocycles. The number of hydrogen-bond donors (Lipinski definition) is 0. The highest BCUT2D eigenvalue weighted by Crippen LogP contribution is 2.27. The first-order valence-electron chi connectivity index (χ1n) is 7.10. The maximum atomic E-state index is 11.8. The van der Waals surface area contributed by atoms with Crippen molar-refractivity contribution in [1.82, 2.24) is 5.16 Å². The quantitative estimate of drug-likeness (QED) is 0.770. The lowest BCUT2D eigenvalue weighted by Crippen LogP contribution is -2.14. The van der Waals surface area contributed by atoms with E-state index in [9.17, 15) is 4.79 Å². The van der Waals surface area contributed by atoms with Gasteiger partial charge in [-0.1, -0.05) is 46.1 Å². The number of carbonyl (C=O) groups excluding carboxylic acids is 1. The summed E-state index contributed by atoms with van der Waals surface area (Å²) in [6, 6.07) is 9.62. The van der Waals surface area contributed by atoms with E-state index in [-0.39, 0.29) is 18.5 Å². The highest BCUT2D eigenvalue weighted by atomic mass is 79.9. The smallest absolute Gasteiger partial charge is 0.309 e. The van der Waals surface area contributed by atoms with Gasteiger partial charge in [0, 0.05) is 16.1 Å². The predicted octanol–water partition coefficient (Wildman–Crippen LogP) is 4.34. The standard InChI is InChI=1S/C16H16BrNO3/c17-13-7-3-6-12(8-13)15-9-14(21-18-15)10-20-16(19)11-4-1-2-5-11/h3,6-9,11H,1-2,4-5,10H2. The number of ether oxygens (including phenoxy) is 1. The van der Waals surface area contributed by atoms with Gasteiger partial charge in [-0.05, 0) is 25.0 Å². The van der Waals surface area contributed by atoms with Gasteiger partial charge < -0.3 is 9.26 Å².